The topological polar surface area (TPSA) is 63.2 Å². The minimum absolute atomic E-state index is 0.777. The summed E-state index contributed by atoms with van der Waals surface area (Å²) in [6.07, 6.45) is 2.28. The molecule has 1 aliphatic heterocycles. The molecule has 0 unspecified atom stereocenters. The molecule has 13 heavy (non-hydrogen) atoms. The van der Waals surface area contributed by atoms with Gasteiger partial charge in [-0.15, -0.1) is 0 Å². The predicted molar refractivity (Wildman–Crippen MR) is 52.8 cm³/mol. The molecule has 0 radical (unpaired) electrons. The minimum atomic E-state index is 0.777. The molecule has 1 heterocycles. The highest BCUT2D eigenvalue weighted by molar-refractivity contribution is 5.88. The zero-order chi connectivity index (χ0) is 9.52. The number of nitrogens with two attached hydrogens (primary N) is 1. The van der Waals surface area contributed by atoms with Crippen LogP contribution < -0.4 is 5.84 Å². The maximum absolute atomic E-state index is 5.24. The van der Waals surface area contributed by atoms with Gasteiger partial charge in [0.15, 0.2) is 0 Å². The SMILES string of the molecule is CCC(=N/C=N\N)N1CCOCC1. The van der Waals surface area contributed by atoms with Crippen molar-refractivity contribution in [3.05, 3.63) is 0 Å². The lowest BCUT2D eigenvalue weighted by Gasteiger charge is -2.29. The summed E-state index contributed by atoms with van der Waals surface area (Å²) in [6.45, 7) is 5.44. The van der Waals surface area contributed by atoms with Crippen molar-refractivity contribution in [2.45, 2.75) is 13.3 Å². The van der Waals surface area contributed by atoms with Crippen LogP contribution in [0.1, 0.15) is 13.3 Å². The fourth-order valence-corrected chi connectivity index (χ4v) is 1.32. The van der Waals surface area contributed by atoms with Crippen molar-refractivity contribution in [2.75, 3.05) is 26.3 Å². The Bertz CT molecular complexity index is 196. The quantitative estimate of drug-likeness (QED) is 0.285. The second kappa shape index (κ2) is 5.53. The molecule has 0 aromatic rings. The van der Waals surface area contributed by atoms with E-state index in [1.54, 1.807) is 0 Å². The lowest BCUT2D eigenvalue weighted by Crippen LogP contribution is -2.40. The lowest BCUT2D eigenvalue weighted by atomic mass is 10.3. The maximum atomic E-state index is 5.24. The molecule has 1 fully saturated rings. The maximum Gasteiger partial charge on any atom is 0.137 e. The molecule has 1 rings (SSSR count). The number of hydrogen-bond acceptors (Lipinski definition) is 3. The normalized spacial score (nSPS) is 19.8. The number of ether oxygens (including phenoxy) is 1. The molecule has 0 bridgehead atoms. The van der Waals surface area contributed by atoms with Gasteiger partial charge in [-0.25, -0.2) is 4.99 Å². The number of rotatable bonds is 2. The van der Waals surface area contributed by atoms with Gasteiger partial charge in [-0.05, 0) is 0 Å². The molecule has 0 aromatic carbocycles. The number of amidine groups is 1. The molecule has 0 atom stereocenters. The van der Waals surface area contributed by atoms with E-state index in [9.17, 15) is 0 Å². The Morgan fingerprint density at radius 2 is 2.23 bits per heavy atom. The van der Waals surface area contributed by atoms with Crippen molar-refractivity contribution in [3.8, 4) is 0 Å². The summed E-state index contributed by atoms with van der Waals surface area (Å²) >= 11 is 0. The third kappa shape index (κ3) is 3.02. The first-order valence-electron chi connectivity index (χ1n) is 4.49. The number of aliphatic imine (C=N–C) groups is 1. The van der Waals surface area contributed by atoms with Crippen LogP contribution in [-0.4, -0.2) is 43.4 Å². The molecule has 0 saturated carbocycles. The van der Waals surface area contributed by atoms with E-state index in [-0.39, 0.29) is 0 Å². The van der Waals surface area contributed by atoms with Crippen molar-refractivity contribution in [2.24, 2.45) is 15.9 Å². The van der Waals surface area contributed by atoms with Gasteiger partial charge in [-0.2, -0.15) is 5.10 Å². The Labute approximate surface area is 78.3 Å². The van der Waals surface area contributed by atoms with Crippen LogP contribution >= 0.6 is 0 Å². The van der Waals surface area contributed by atoms with Crippen LogP contribution in [0.25, 0.3) is 0 Å². The molecular weight excluding hydrogens is 168 g/mol. The third-order valence-electron chi connectivity index (χ3n) is 1.97. The van der Waals surface area contributed by atoms with E-state index in [1.807, 2.05) is 0 Å². The van der Waals surface area contributed by atoms with Crippen molar-refractivity contribution in [1.82, 2.24) is 4.90 Å². The van der Waals surface area contributed by atoms with Gasteiger partial charge in [-0.1, -0.05) is 6.92 Å². The summed E-state index contributed by atoms with van der Waals surface area (Å²) in [4.78, 5) is 6.35. The van der Waals surface area contributed by atoms with Gasteiger partial charge in [0.2, 0.25) is 0 Å². The van der Waals surface area contributed by atoms with Crippen molar-refractivity contribution in [1.29, 1.82) is 0 Å². The van der Waals surface area contributed by atoms with E-state index in [0.29, 0.717) is 0 Å². The highest BCUT2D eigenvalue weighted by Gasteiger charge is 2.12. The first-order chi connectivity index (χ1) is 6.38. The molecule has 0 amide bonds. The average molecular weight is 184 g/mol. The molecule has 5 heteroatoms. The van der Waals surface area contributed by atoms with Gasteiger partial charge in [0.1, 0.15) is 12.2 Å². The number of morpholine rings is 1. The molecular formula is C8H16N4O. The lowest BCUT2D eigenvalue weighted by molar-refractivity contribution is 0.0674. The summed E-state index contributed by atoms with van der Waals surface area (Å²) in [5.41, 5.74) is 0. The van der Waals surface area contributed by atoms with Crippen molar-refractivity contribution in [3.63, 3.8) is 0 Å². The fourth-order valence-electron chi connectivity index (χ4n) is 1.32. The van der Waals surface area contributed by atoms with Crippen LogP contribution in [0, 0.1) is 0 Å². The number of nitrogens with zero attached hydrogens (tertiary/aromatic N) is 3. The molecule has 0 aliphatic carbocycles. The molecule has 1 aliphatic rings. The zero-order valence-electron chi connectivity index (χ0n) is 7.94. The first-order valence-corrected chi connectivity index (χ1v) is 4.49. The Morgan fingerprint density at radius 1 is 1.54 bits per heavy atom. The molecule has 5 nitrogen and oxygen atoms in total. The van der Waals surface area contributed by atoms with Crippen LogP contribution in [0.3, 0.4) is 0 Å². The smallest absolute Gasteiger partial charge is 0.137 e. The molecule has 0 aromatic heterocycles. The van der Waals surface area contributed by atoms with Gasteiger partial charge < -0.3 is 15.5 Å². The highest BCUT2D eigenvalue weighted by Crippen LogP contribution is 2.01. The standard InChI is InChI=1S/C8H16N4O/c1-2-8(10-7-11-9)12-3-5-13-6-4-12/h7H,2-6,9H2,1H3/b10-8?,11-7-. The van der Waals surface area contributed by atoms with Gasteiger partial charge in [0.25, 0.3) is 0 Å². The summed E-state index contributed by atoms with van der Waals surface area (Å²) in [7, 11) is 0. The van der Waals surface area contributed by atoms with Gasteiger partial charge in [0.05, 0.1) is 13.2 Å². The highest BCUT2D eigenvalue weighted by atomic mass is 16.5. The van der Waals surface area contributed by atoms with E-state index >= 15 is 0 Å². The summed E-state index contributed by atoms with van der Waals surface area (Å²) in [5.74, 6) is 6.01. The monoisotopic (exact) mass is 184 g/mol. The third-order valence-corrected chi connectivity index (χ3v) is 1.97. The largest absolute Gasteiger partial charge is 0.378 e. The van der Waals surface area contributed by atoms with Crippen LogP contribution in [-0.2, 0) is 4.74 Å². The molecule has 2 N–H and O–H groups in total. The van der Waals surface area contributed by atoms with Gasteiger partial charge in [-0.3, -0.25) is 0 Å². The predicted octanol–water partition coefficient (Wildman–Crippen LogP) is 0.0291. The van der Waals surface area contributed by atoms with Crippen LogP contribution in [0.4, 0.5) is 0 Å². The Morgan fingerprint density at radius 3 is 2.77 bits per heavy atom. The Hall–Kier alpha value is -1.10. The van der Waals surface area contributed by atoms with Crippen LogP contribution in [0.15, 0.2) is 10.1 Å². The summed E-state index contributed by atoms with van der Waals surface area (Å²) < 4.78 is 5.24. The van der Waals surface area contributed by atoms with Crippen LogP contribution in [0.5, 0.6) is 0 Å². The van der Waals surface area contributed by atoms with E-state index < -0.39 is 0 Å². The van der Waals surface area contributed by atoms with E-state index in [2.05, 4.69) is 21.9 Å². The number of hydrogen-bond donors (Lipinski definition) is 1. The molecule has 74 valence electrons. The van der Waals surface area contributed by atoms with Crippen molar-refractivity contribution >= 4 is 12.2 Å². The first kappa shape index (κ1) is 9.98. The van der Waals surface area contributed by atoms with E-state index in [1.165, 1.54) is 6.34 Å². The second-order valence-electron chi connectivity index (χ2n) is 2.76. The van der Waals surface area contributed by atoms with Gasteiger partial charge in [0, 0.05) is 19.5 Å². The van der Waals surface area contributed by atoms with Crippen molar-refractivity contribution < 1.29 is 4.74 Å². The Kier molecular flexibility index (Phi) is 4.25. The fraction of sp³-hybridized carbons (Fsp3) is 0.750. The van der Waals surface area contributed by atoms with Crippen LogP contribution in [0.2, 0.25) is 0 Å². The molecule has 0 spiro atoms. The summed E-state index contributed by atoms with van der Waals surface area (Å²) in [6, 6.07) is 0. The van der Waals surface area contributed by atoms with E-state index in [0.717, 1.165) is 38.6 Å². The minimum Gasteiger partial charge on any atom is -0.378 e. The number of hydrazone groups is 1. The summed E-state index contributed by atoms with van der Waals surface area (Å²) in [5, 5.41) is 3.35. The van der Waals surface area contributed by atoms with E-state index in [4.69, 9.17) is 10.6 Å². The zero-order valence-corrected chi connectivity index (χ0v) is 7.94. The molecule has 1 saturated heterocycles. The van der Waals surface area contributed by atoms with Gasteiger partial charge >= 0.3 is 0 Å². The second-order valence-corrected chi connectivity index (χ2v) is 2.76. The Balaban J connectivity index is 2.53. The average Bonchev–Trinajstić information content (AvgIpc) is 2.21.